The maximum atomic E-state index is 12.6. The van der Waals surface area contributed by atoms with Crippen LogP contribution in [0.1, 0.15) is 58.9 Å². The van der Waals surface area contributed by atoms with Gasteiger partial charge >= 0.3 is 11.9 Å². The monoisotopic (exact) mass is 535 g/mol. The number of carbonyl (C=O) groups excluding carboxylic acids is 4. The van der Waals surface area contributed by atoms with Crippen LogP contribution in [0.4, 0.5) is 5.69 Å². The summed E-state index contributed by atoms with van der Waals surface area (Å²) in [4.78, 5) is 60.8. The van der Waals surface area contributed by atoms with Crippen molar-refractivity contribution in [3.05, 3.63) is 68.8 Å². The van der Waals surface area contributed by atoms with Gasteiger partial charge < -0.3 is 14.2 Å². The van der Waals surface area contributed by atoms with Gasteiger partial charge in [0.1, 0.15) is 17.2 Å². The van der Waals surface area contributed by atoms with E-state index in [0.29, 0.717) is 24.8 Å². The van der Waals surface area contributed by atoms with Crippen LogP contribution in [0.5, 0.6) is 11.5 Å². The van der Waals surface area contributed by atoms with Gasteiger partial charge in [-0.3, -0.25) is 29.4 Å². The van der Waals surface area contributed by atoms with E-state index in [-0.39, 0.29) is 47.8 Å². The highest BCUT2D eigenvalue weighted by Gasteiger charge is 2.40. The number of unbranched alkanes of at least 4 members (excludes halogenated alkanes) is 2. The Morgan fingerprint density at radius 3 is 2.54 bits per heavy atom. The molecular formula is C27H25N3O9. The van der Waals surface area contributed by atoms with Crippen molar-refractivity contribution in [3.8, 4) is 17.6 Å². The number of nitrogens with zero attached hydrogens (tertiary/aromatic N) is 3. The molecule has 1 heterocycles. The average Bonchev–Trinajstić information content (AvgIpc) is 3.16. The molecule has 0 aromatic heterocycles. The van der Waals surface area contributed by atoms with Crippen LogP contribution in [-0.4, -0.2) is 53.8 Å². The second kappa shape index (κ2) is 13.0. The average molecular weight is 536 g/mol. The first-order valence-corrected chi connectivity index (χ1v) is 12.0. The number of imide groups is 1. The molecule has 0 radical (unpaired) electrons. The number of nitriles is 1. The van der Waals surface area contributed by atoms with Crippen molar-refractivity contribution in [1.29, 1.82) is 5.26 Å². The number of hydrogen-bond acceptors (Lipinski definition) is 10. The molecule has 0 aliphatic carbocycles. The molecule has 1 aliphatic heterocycles. The van der Waals surface area contributed by atoms with Crippen molar-refractivity contribution in [3.63, 3.8) is 0 Å². The summed E-state index contributed by atoms with van der Waals surface area (Å²) in [6.45, 7) is 1.82. The van der Waals surface area contributed by atoms with E-state index in [9.17, 15) is 34.6 Å². The van der Waals surface area contributed by atoms with Gasteiger partial charge in [0.15, 0.2) is 11.5 Å². The Morgan fingerprint density at radius 2 is 1.87 bits per heavy atom. The maximum absolute atomic E-state index is 12.6. The molecule has 0 N–H and O–H groups in total. The Kier molecular flexibility index (Phi) is 9.48. The summed E-state index contributed by atoms with van der Waals surface area (Å²) < 4.78 is 15.5. The molecule has 3 rings (SSSR count). The minimum atomic E-state index is -0.751. The topological polar surface area (TPSA) is 166 Å². The highest BCUT2D eigenvalue weighted by atomic mass is 16.6. The Morgan fingerprint density at radius 1 is 1.10 bits per heavy atom. The molecule has 39 heavy (non-hydrogen) atoms. The smallest absolute Gasteiger partial charge is 0.348 e. The number of benzene rings is 2. The molecule has 0 atom stereocenters. The Bertz CT molecular complexity index is 1390. The standard InChI is InChI=1S/C27H25N3O9/c1-3-38-27(34)18(16-28)14-17-11-12-21(22(15-17)37-2)39-23(31)10-5-4-6-13-29-25(32)19-8-7-9-20(30(35)36)24(19)26(29)33/h7-9,11-12,14-15H,3-6,10,13H2,1-2H3/b18-14+. The van der Waals surface area contributed by atoms with Crippen LogP contribution >= 0.6 is 0 Å². The zero-order chi connectivity index (χ0) is 28.5. The summed E-state index contributed by atoms with van der Waals surface area (Å²) in [5, 5.41) is 20.4. The first kappa shape index (κ1) is 28.5. The fraction of sp³-hybridized carbons (Fsp3) is 0.296. The Hall–Kier alpha value is -5.05. The number of methoxy groups -OCH3 is 1. The van der Waals surface area contributed by atoms with E-state index in [1.807, 2.05) is 0 Å². The number of nitro groups is 1. The van der Waals surface area contributed by atoms with E-state index < -0.39 is 34.4 Å². The SMILES string of the molecule is CCOC(=O)/C(C#N)=C/c1ccc(OC(=O)CCCCCN2C(=O)c3cccc([N+](=O)[O-])c3C2=O)c(OC)c1. The van der Waals surface area contributed by atoms with Crippen LogP contribution in [-0.2, 0) is 14.3 Å². The second-order valence-electron chi connectivity index (χ2n) is 8.30. The van der Waals surface area contributed by atoms with Crippen LogP contribution in [0.3, 0.4) is 0 Å². The first-order valence-electron chi connectivity index (χ1n) is 12.0. The molecule has 1 aliphatic rings. The zero-order valence-corrected chi connectivity index (χ0v) is 21.3. The lowest BCUT2D eigenvalue weighted by atomic mass is 10.1. The molecule has 0 unspecified atom stereocenters. The number of ether oxygens (including phenoxy) is 3. The second-order valence-corrected chi connectivity index (χ2v) is 8.30. The predicted molar refractivity (Wildman–Crippen MR) is 136 cm³/mol. The normalized spacial score (nSPS) is 12.5. The lowest BCUT2D eigenvalue weighted by molar-refractivity contribution is -0.385. The molecule has 12 nitrogen and oxygen atoms in total. The van der Waals surface area contributed by atoms with E-state index in [0.717, 1.165) is 4.90 Å². The molecule has 0 bridgehead atoms. The summed E-state index contributed by atoms with van der Waals surface area (Å²) in [5.41, 5.74) is -0.313. The molecule has 0 fully saturated rings. The van der Waals surface area contributed by atoms with E-state index in [4.69, 9.17) is 14.2 Å². The number of esters is 2. The molecule has 0 spiro atoms. The van der Waals surface area contributed by atoms with E-state index in [1.54, 1.807) is 19.1 Å². The molecule has 2 aromatic carbocycles. The molecular weight excluding hydrogens is 510 g/mol. The van der Waals surface area contributed by atoms with Crippen molar-refractivity contribution in [2.75, 3.05) is 20.3 Å². The third kappa shape index (κ3) is 6.64. The summed E-state index contributed by atoms with van der Waals surface area (Å²) in [5.74, 6) is -2.18. The van der Waals surface area contributed by atoms with Gasteiger partial charge in [0.25, 0.3) is 17.5 Å². The molecule has 2 amide bonds. The largest absolute Gasteiger partial charge is 0.493 e. The predicted octanol–water partition coefficient (Wildman–Crippen LogP) is 3.84. The Labute approximate surface area is 223 Å². The third-order valence-corrected chi connectivity index (χ3v) is 5.77. The molecule has 12 heteroatoms. The summed E-state index contributed by atoms with van der Waals surface area (Å²) in [7, 11) is 1.38. The number of fused-ring (bicyclic) bond motifs is 1. The van der Waals surface area contributed by atoms with Gasteiger partial charge in [0, 0.05) is 19.0 Å². The van der Waals surface area contributed by atoms with Gasteiger partial charge in [-0.15, -0.1) is 0 Å². The fourth-order valence-corrected chi connectivity index (χ4v) is 3.93. The number of rotatable bonds is 12. The lowest BCUT2D eigenvalue weighted by Gasteiger charge is -2.13. The van der Waals surface area contributed by atoms with Gasteiger partial charge in [0.05, 0.1) is 24.2 Å². The number of amides is 2. The zero-order valence-electron chi connectivity index (χ0n) is 21.3. The van der Waals surface area contributed by atoms with Crippen LogP contribution in [0, 0.1) is 21.4 Å². The highest BCUT2D eigenvalue weighted by Crippen LogP contribution is 2.31. The van der Waals surface area contributed by atoms with Crippen molar-refractivity contribution < 1.29 is 38.3 Å². The maximum Gasteiger partial charge on any atom is 0.348 e. The van der Waals surface area contributed by atoms with Crippen molar-refractivity contribution in [2.45, 2.75) is 32.6 Å². The number of nitro benzene ring substituents is 1. The van der Waals surface area contributed by atoms with Crippen molar-refractivity contribution in [1.82, 2.24) is 4.90 Å². The minimum absolute atomic E-state index is 0.0120. The summed E-state index contributed by atoms with van der Waals surface area (Å²) in [6, 6.07) is 10.2. The Balaban J connectivity index is 1.51. The lowest BCUT2D eigenvalue weighted by Crippen LogP contribution is -2.30. The van der Waals surface area contributed by atoms with Crippen LogP contribution in [0.2, 0.25) is 0 Å². The molecule has 202 valence electrons. The number of carbonyl (C=O) groups is 4. The van der Waals surface area contributed by atoms with Gasteiger partial charge in [-0.05, 0) is 49.6 Å². The van der Waals surface area contributed by atoms with Gasteiger partial charge in [-0.25, -0.2) is 4.79 Å². The van der Waals surface area contributed by atoms with E-state index >= 15 is 0 Å². The third-order valence-electron chi connectivity index (χ3n) is 5.77. The van der Waals surface area contributed by atoms with Crippen molar-refractivity contribution in [2.24, 2.45) is 0 Å². The summed E-state index contributed by atoms with van der Waals surface area (Å²) >= 11 is 0. The first-order chi connectivity index (χ1) is 18.7. The number of hydrogen-bond donors (Lipinski definition) is 0. The minimum Gasteiger partial charge on any atom is -0.493 e. The van der Waals surface area contributed by atoms with Gasteiger partial charge in [-0.1, -0.05) is 18.6 Å². The van der Waals surface area contributed by atoms with Gasteiger partial charge in [-0.2, -0.15) is 5.26 Å². The highest BCUT2D eigenvalue weighted by molar-refractivity contribution is 6.23. The van der Waals surface area contributed by atoms with E-state index in [2.05, 4.69) is 0 Å². The molecule has 0 saturated carbocycles. The van der Waals surface area contributed by atoms with E-state index in [1.165, 1.54) is 43.5 Å². The van der Waals surface area contributed by atoms with Crippen LogP contribution in [0.15, 0.2) is 42.0 Å². The van der Waals surface area contributed by atoms with Crippen LogP contribution < -0.4 is 9.47 Å². The van der Waals surface area contributed by atoms with Crippen LogP contribution in [0.25, 0.3) is 6.08 Å². The quantitative estimate of drug-likeness (QED) is 0.0569. The van der Waals surface area contributed by atoms with Crippen molar-refractivity contribution >= 4 is 35.5 Å². The van der Waals surface area contributed by atoms with Gasteiger partial charge in [0.2, 0.25) is 0 Å². The molecule has 2 aromatic rings. The fourth-order valence-electron chi connectivity index (χ4n) is 3.93. The molecule has 0 saturated heterocycles. The summed E-state index contributed by atoms with van der Waals surface area (Å²) in [6.07, 6.45) is 2.70.